The van der Waals surface area contributed by atoms with Crippen molar-refractivity contribution in [3.63, 3.8) is 0 Å². The zero-order valence-electron chi connectivity index (χ0n) is 14.0. The topological polar surface area (TPSA) is 60.1 Å². The molecule has 0 spiro atoms. The molecule has 3 rings (SSSR count). The maximum atomic E-state index is 14.2. The summed E-state index contributed by atoms with van der Waals surface area (Å²) in [6.07, 6.45) is 0.619. The van der Waals surface area contributed by atoms with Gasteiger partial charge in [-0.3, -0.25) is 4.99 Å². The molecule has 0 aromatic heterocycles. The quantitative estimate of drug-likeness (QED) is 0.670. The molecule has 0 bridgehead atoms. The summed E-state index contributed by atoms with van der Waals surface area (Å²) >= 11 is 0. The standard InChI is InChI=1S/C19H22FN3O2/c20-17-14-15(6-7-18(17)25-16-4-2-1-3-5-16)8-9-22-19(21)23-10-12-24-13-11-23/h1-7,14H,8-13H2,(H2,21,22). The molecule has 1 saturated heterocycles. The van der Waals surface area contributed by atoms with E-state index in [1.54, 1.807) is 18.2 Å². The number of nitrogens with zero attached hydrogens (tertiary/aromatic N) is 2. The third-order valence-corrected chi connectivity index (χ3v) is 3.98. The Bertz CT molecular complexity index is 716. The summed E-state index contributed by atoms with van der Waals surface area (Å²) in [7, 11) is 0. The van der Waals surface area contributed by atoms with Gasteiger partial charge in [-0.25, -0.2) is 4.39 Å². The van der Waals surface area contributed by atoms with E-state index in [0.717, 1.165) is 18.7 Å². The molecule has 25 heavy (non-hydrogen) atoms. The van der Waals surface area contributed by atoms with Crippen molar-refractivity contribution >= 4 is 5.96 Å². The normalized spacial score (nSPS) is 15.2. The summed E-state index contributed by atoms with van der Waals surface area (Å²) in [5.41, 5.74) is 6.84. The molecule has 0 aliphatic carbocycles. The molecule has 2 N–H and O–H groups in total. The second kappa shape index (κ2) is 8.48. The maximum absolute atomic E-state index is 14.2. The van der Waals surface area contributed by atoms with Crippen LogP contribution in [0.3, 0.4) is 0 Å². The lowest BCUT2D eigenvalue weighted by atomic mass is 10.1. The summed E-state index contributed by atoms with van der Waals surface area (Å²) in [6, 6.07) is 14.1. The molecule has 6 heteroatoms. The van der Waals surface area contributed by atoms with Crippen molar-refractivity contribution in [3.05, 3.63) is 59.9 Å². The highest BCUT2D eigenvalue weighted by molar-refractivity contribution is 5.78. The van der Waals surface area contributed by atoms with Crippen LogP contribution in [-0.2, 0) is 11.2 Å². The van der Waals surface area contributed by atoms with Crippen LogP contribution >= 0.6 is 0 Å². The van der Waals surface area contributed by atoms with Crippen molar-refractivity contribution in [2.75, 3.05) is 32.8 Å². The van der Waals surface area contributed by atoms with Crippen molar-refractivity contribution in [2.45, 2.75) is 6.42 Å². The van der Waals surface area contributed by atoms with Gasteiger partial charge in [0.15, 0.2) is 17.5 Å². The molecule has 0 radical (unpaired) electrons. The molecule has 0 atom stereocenters. The van der Waals surface area contributed by atoms with Crippen LogP contribution in [0, 0.1) is 5.82 Å². The number of morpholine rings is 1. The predicted octanol–water partition coefficient (Wildman–Crippen LogP) is 2.81. The lowest BCUT2D eigenvalue weighted by molar-refractivity contribution is 0.0674. The first-order chi connectivity index (χ1) is 12.2. The monoisotopic (exact) mass is 343 g/mol. The molecule has 1 fully saturated rings. The number of guanidine groups is 1. The van der Waals surface area contributed by atoms with Gasteiger partial charge in [-0.05, 0) is 36.2 Å². The Morgan fingerprint density at radius 3 is 2.64 bits per heavy atom. The Kier molecular flexibility index (Phi) is 5.85. The first kappa shape index (κ1) is 17.2. The summed E-state index contributed by atoms with van der Waals surface area (Å²) in [6.45, 7) is 3.38. The highest BCUT2D eigenvalue weighted by Crippen LogP contribution is 2.25. The van der Waals surface area contributed by atoms with Crippen LogP contribution in [0.2, 0.25) is 0 Å². The molecular weight excluding hydrogens is 321 g/mol. The summed E-state index contributed by atoms with van der Waals surface area (Å²) in [4.78, 5) is 6.37. The largest absolute Gasteiger partial charge is 0.454 e. The minimum absolute atomic E-state index is 0.214. The molecule has 1 aliphatic rings. The Morgan fingerprint density at radius 2 is 1.92 bits per heavy atom. The van der Waals surface area contributed by atoms with E-state index in [1.165, 1.54) is 6.07 Å². The molecule has 1 aliphatic heterocycles. The number of para-hydroxylation sites is 1. The Morgan fingerprint density at radius 1 is 1.16 bits per heavy atom. The van der Waals surface area contributed by atoms with E-state index in [2.05, 4.69) is 4.99 Å². The van der Waals surface area contributed by atoms with Crippen LogP contribution in [0.5, 0.6) is 11.5 Å². The highest BCUT2D eigenvalue weighted by Gasteiger charge is 2.12. The van der Waals surface area contributed by atoms with E-state index in [0.29, 0.717) is 37.9 Å². The van der Waals surface area contributed by atoms with Crippen LogP contribution in [0.15, 0.2) is 53.5 Å². The number of aliphatic imine (C=N–C) groups is 1. The molecule has 132 valence electrons. The van der Waals surface area contributed by atoms with Crippen molar-refractivity contribution in [1.29, 1.82) is 0 Å². The Balaban J connectivity index is 1.55. The zero-order chi connectivity index (χ0) is 17.5. The molecule has 0 saturated carbocycles. The Hall–Kier alpha value is -2.60. The number of halogens is 1. The fourth-order valence-corrected chi connectivity index (χ4v) is 2.59. The summed E-state index contributed by atoms with van der Waals surface area (Å²) in [5.74, 6) is 0.961. The fraction of sp³-hybridized carbons (Fsp3) is 0.316. The number of hydrogen-bond acceptors (Lipinski definition) is 3. The average molecular weight is 343 g/mol. The van der Waals surface area contributed by atoms with Crippen molar-refractivity contribution in [2.24, 2.45) is 10.7 Å². The van der Waals surface area contributed by atoms with Gasteiger partial charge >= 0.3 is 0 Å². The van der Waals surface area contributed by atoms with Crippen LogP contribution in [0.4, 0.5) is 4.39 Å². The number of rotatable bonds is 5. The third-order valence-electron chi connectivity index (χ3n) is 3.98. The molecule has 2 aromatic carbocycles. The van der Waals surface area contributed by atoms with Crippen molar-refractivity contribution in [3.8, 4) is 11.5 Å². The van der Waals surface area contributed by atoms with Crippen LogP contribution in [0.25, 0.3) is 0 Å². The number of ether oxygens (including phenoxy) is 2. The first-order valence-corrected chi connectivity index (χ1v) is 8.36. The maximum Gasteiger partial charge on any atom is 0.191 e. The molecule has 5 nitrogen and oxygen atoms in total. The summed E-state index contributed by atoms with van der Waals surface area (Å²) < 4.78 is 25.0. The number of nitrogens with two attached hydrogens (primary N) is 1. The van der Waals surface area contributed by atoms with Gasteiger partial charge in [0, 0.05) is 19.6 Å². The van der Waals surface area contributed by atoms with Crippen molar-refractivity contribution in [1.82, 2.24) is 4.90 Å². The first-order valence-electron chi connectivity index (χ1n) is 8.36. The van der Waals surface area contributed by atoms with Crippen LogP contribution in [0.1, 0.15) is 5.56 Å². The van der Waals surface area contributed by atoms with Gasteiger partial charge in [0.1, 0.15) is 5.75 Å². The molecule has 0 amide bonds. The fourth-order valence-electron chi connectivity index (χ4n) is 2.59. The SMILES string of the molecule is NC(=NCCc1ccc(Oc2ccccc2)c(F)c1)N1CCOCC1. The van der Waals surface area contributed by atoms with Gasteiger partial charge in [-0.1, -0.05) is 24.3 Å². The van der Waals surface area contributed by atoms with E-state index >= 15 is 0 Å². The second-order valence-electron chi connectivity index (χ2n) is 5.77. The van der Waals surface area contributed by atoms with E-state index in [4.69, 9.17) is 15.2 Å². The highest BCUT2D eigenvalue weighted by atomic mass is 19.1. The molecular formula is C19H22FN3O2. The third kappa shape index (κ3) is 4.93. The molecule has 1 heterocycles. The van der Waals surface area contributed by atoms with Crippen molar-refractivity contribution < 1.29 is 13.9 Å². The van der Waals surface area contributed by atoms with Gasteiger partial charge in [-0.2, -0.15) is 0 Å². The van der Waals surface area contributed by atoms with E-state index in [1.807, 2.05) is 29.2 Å². The minimum atomic E-state index is -0.383. The lowest BCUT2D eigenvalue weighted by Gasteiger charge is -2.27. The second-order valence-corrected chi connectivity index (χ2v) is 5.77. The van der Waals surface area contributed by atoms with Gasteiger partial charge in [-0.15, -0.1) is 0 Å². The lowest BCUT2D eigenvalue weighted by Crippen LogP contribution is -2.44. The van der Waals surface area contributed by atoms with Gasteiger partial charge in [0.05, 0.1) is 13.2 Å². The zero-order valence-corrected chi connectivity index (χ0v) is 14.0. The van der Waals surface area contributed by atoms with Gasteiger partial charge in [0.2, 0.25) is 0 Å². The van der Waals surface area contributed by atoms with E-state index in [9.17, 15) is 4.39 Å². The Labute approximate surface area is 146 Å². The average Bonchev–Trinajstić information content (AvgIpc) is 2.65. The number of benzene rings is 2. The van der Waals surface area contributed by atoms with Gasteiger partial charge < -0.3 is 20.1 Å². The van der Waals surface area contributed by atoms with E-state index in [-0.39, 0.29) is 11.6 Å². The van der Waals surface area contributed by atoms with E-state index < -0.39 is 0 Å². The van der Waals surface area contributed by atoms with Gasteiger partial charge in [0.25, 0.3) is 0 Å². The molecule has 0 unspecified atom stereocenters. The number of hydrogen-bond donors (Lipinski definition) is 1. The molecule has 2 aromatic rings. The van der Waals surface area contributed by atoms with Crippen LogP contribution < -0.4 is 10.5 Å². The predicted molar refractivity (Wildman–Crippen MR) is 95.5 cm³/mol. The summed E-state index contributed by atoms with van der Waals surface area (Å²) in [5, 5.41) is 0. The smallest absolute Gasteiger partial charge is 0.191 e. The van der Waals surface area contributed by atoms with Crippen LogP contribution in [-0.4, -0.2) is 43.7 Å². The minimum Gasteiger partial charge on any atom is -0.454 e.